The Bertz CT molecular complexity index is 488. The zero-order valence-electron chi connectivity index (χ0n) is 14.5. The van der Waals surface area contributed by atoms with Crippen molar-refractivity contribution in [2.45, 2.75) is 25.4 Å². The monoisotopic (exact) mass is 384 g/mol. The van der Waals surface area contributed by atoms with Gasteiger partial charge in [0.1, 0.15) is 12.4 Å². The maximum Gasteiger partial charge on any atom is 0.472 e. The Hall–Kier alpha value is -1.33. The second-order valence-electron chi connectivity index (χ2n) is 4.67. The number of carbonyl (C=O) groups is 2. The van der Waals surface area contributed by atoms with Gasteiger partial charge in [0.2, 0.25) is 0 Å². The molecule has 11 nitrogen and oxygen atoms in total. The summed E-state index contributed by atoms with van der Waals surface area (Å²) in [5, 5.41) is 11.9. The normalized spacial score (nSPS) is 17.5. The minimum atomic E-state index is -4.28. The highest BCUT2D eigenvalue weighted by Gasteiger charge is 2.32. The van der Waals surface area contributed by atoms with Crippen molar-refractivity contribution in [1.82, 2.24) is 10.2 Å². The van der Waals surface area contributed by atoms with Crippen LogP contribution in [0.1, 0.15) is 6.92 Å². The number of allylic oxidation sites excluding steroid dienone is 1. The van der Waals surface area contributed by atoms with Gasteiger partial charge in [0.05, 0.1) is 19.3 Å². The lowest BCUT2D eigenvalue weighted by molar-refractivity contribution is -0.140. The van der Waals surface area contributed by atoms with Crippen LogP contribution in [0.5, 0.6) is 0 Å². The number of nitrogens with zero attached hydrogens (tertiary/aromatic N) is 1. The average Bonchev–Trinajstić information content (AvgIpc) is 2.59. The first-order chi connectivity index (χ1) is 11.8. The Kier molecular flexibility index (Phi) is 11.4. The van der Waals surface area contributed by atoms with Gasteiger partial charge in [0.15, 0.2) is 6.23 Å². The van der Waals surface area contributed by atoms with Crippen molar-refractivity contribution in [1.29, 1.82) is 0 Å². The lowest BCUT2D eigenvalue weighted by Gasteiger charge is -2.32. The fraction of sp³-hybridized carbons (Fsp3) is 0.692. The molecule has 4 atom stereocenters. The molecule has 0 aliphatic heterocycles. The lowest BCUT2D eigenvalue weighted by atomic mass is 10.2. The maximum absolute atomic E-state index is 11.9. The van der Waals surface area contributed by atoms with Gasteiger partial charge in [-0.15, -0.1) is 0 Å². The van der Waals surface area contributed by atoms with Crippen LogP contribution in [-0.2, 0) is 27.9 Å². The molecule has 0 heterocycles. The van der Waals surface area contributed by atoms with Crippen LogP contribution in [0.15, 0.2) is 12.3 Å². The molecule has 0 aromatic rings. The highest BCUT2D eigenvalue weighted by Crippen LogP contribution is 2.44. The molecule has 2 unspecified atom stereocenters. The predicted molar refractivity (Wildman–Crippen MR) is 86.5 cm³/mol. The summed E-state index contributed by atoms with van der Waals surface area (Å²) in [4.78, 5) is 32.7. The molecule has 3 N–H and O–H groups in total. The Morgan fingerprint density at radius 1 is 1.40 bits per heavy atom. The van der Waals surface area contributed by atoms with Crippen LogP contribution in [0, 0.1) is 0 Å². The number of aliphatic hydroxyl groups is 1. The summed E-state index contributed by atoms with van der Waals surface area (Å²) >= 11 is 0. The van der Waals surface area contributed by atoms with E-state index in [-0.39, 0.29) is 6.61 Å². The van der Waals surface area contributed by atoms with Crippen LogP contribution in [-0.4, -0.2) is 80.1 Å². The average molecular weight is 384 g/mol. The summed E-state index contributed by atoms with van der Waals surface area (Å²) < 4.78 is 31.3. The summed E-state index contributed by atoms with van der Waals surface area (Å²) in [6.45, 7) is 0.747. The van der Waals surface area contributed by atoms with Crippen molar-refractivity contribution in [3.05, 3.63) is 12.3 Å². The lowest BCUT2D eigenvalue weighted by Crippen LogP contribution is -2.48. The van der Waals surface area contributed by atoms with E-state index in [1.807, 2.05) is 0 Å². The molecule has 0 aromatic carbocycles. The van der Waals surface area contributed by atoms with Crippen LogP contribution < -0.4 is 5.32 Å². The number of aldehydes is 1. The van der Waals surface area contributed by atoms with E-state index in [1.54, 1.807) is 0 Å². The van der Waals surface area contributed by atoms with E-state index in [9.17, 15) is 24.2 Å². The number of phosphoric acid groups is 1. The van der Waals surface area contributed by atoms with E-state index in [4.69, 9.17) is 14.0 Å². The minimum absolute atomic E-state index is 0.0691. The number of phosphoric ester groups is 1. The van der Waals surface area contributed by atoms with Crippen LogP contribution in [0.25, 0.3) is 0 Å². The van der Waals surface area contributed by atoms with Crippen molar-refractivity contribution < 1.29 is 42.7 Å². The molecule has 0 aliphatic carbocycles. The second-order valence-corrected chi connectivity index (χ2v) is 6.18. The number of methoxy groups -OCH3 is 1. The third-order valence-electron chi connectivity index (χ3n) is 2.96. The third kappa shape index (κ3) is 8.54. The number of rotatable bonds is 12. The SMILES string of the molecule is CNC(=O)N(/C=C\C=O)[C@H](CO)O[C@@H](COC)C(C)OP(=O)(O)OC. The van der Waals surface area contributed by atoms with E-state index in [2.05, 4.69) is 9.84 Å². The van der Waals surface area contributed by atoms with Gasteiger partial charge in [0, 0.05) is 27.5 Å². The Balaban J connectivity index is 5.32. The summed E-state index contributed by atoms with van der Waals surface area (Å²) in [6.07, 6.45) is -0.513. The molecule has 0 radical (unpaired) electrons. The van der Waals surface area contributed by atoms with E-state index >= 15 is 0 Å². The molecular formula is C13H25N2O9P. The summed E-state index contributed by atoms with van der Waals surface area (Å²) in [5.41, 5.74) is 0. The molecule has 0 bridgehead atoms. The van der Waals surface area contributed by atoms with Crippen molar-refractivity contribution in [3.8, 4) is 0 Å². The number of nitrogens with one attached hydrogen (secondary N) is 1. The first-order valence-electron chi connectivity index (χ1n) is 7.20. The van der Waals surface area contributed by atoms with E-state index in [0.717, 1.165) is 24.3 Å². The fourth-order valence-electron chi connectivity index (χ4n) is 1.72. The molecule has 12 heteroatoms. The topological polar surface area (TPSA) is 144 Å². The smallest absolute Gasteiger partial charge is 0.392 e. The molecule has 0 saturated carbocycles. The molecule has 0 aliphatic rings. The van der Waals surface area contributed by atoms with Gasteiger partial charge < -0.3 is 24.8 Å². The van der Waals surface area contributed by atoms with Crippen LogP contribution in [0.3, 0.4) is 0 Å². The van der Waals surface area contributed by atoms with E-state index < -0.39 is 38.9 Å². The third-order valence-corrected chi connectivity index (χ3v) is 4.02. The Morgan fingerprint density at radius 3 is 2.48 bits per heavy atom. The van der Waals surface area contributed by atoms with Gasteiger partial charge in [-0.2, -0.15) is 0 Å². The number of carbonyl (C=O) groups excluding carboxylic acids is 2. The van der Waals surface area contributed by atoms with Crippen LogP contribution in [0.2, 0.25) is 0 Å². The zero-order chi connectivity index (χ0) is 19.5. The van der Waals surface area contributed by atoms with Gasteiger partial charge in [-0.05, 0) is 13.0 Å². The highest BCUT2D eigenvalue weighted by molar-refractivity contribution is 7.47. The molecular weight excluding hydrogens is 359 g/mol. The van der Waals surface area contributed by atoms with Gasteiger partial charge in [-0.25, -0.2) is 9.36 Å². The van der Waals surface area contributed by atoms with Gasteiger partial charge >= 0.3 is 13.9 Å². The number of hydrogen-bond donors (Lipinski definition) is 3. The number of hydrogen-bond acceptors (Lipinski definition) is 8. The number of urea groups is 1. The first-order valence-corrected chi connectivity index (χ1v) is 8.70. The Labute approximate surface area is 146 Å². The number of ether oxygens (including phenoxy) is 2. The van der Waals surface area contributed by atoms with Gasteiger partial charge in [-0.3, -0.25) is 18.7 Å². The Morgan fingerprint density at radius 2 is 2.04 bits per heavy atom. The zero-order valence-corrected chi connectivity index (χ0v) is 15.4. The molecule has 2 amide bonds. The number of amides is 2. The van der Waals surface area contributed by atoms with Crippen LogP contribution >= 0.6 is 7.82 Å². The quantitative estimate of drug-likeness (QED) is 0.181. The summed E-state index contributed by atoms with van der Waals surface area (Å²) in [6, 6.07) is -0.647. The minimum Gasteiger partial charge on any atom is -0.392 e. The first kappa shape index (κ1) is 23.7. The van der Waals surface area contributed by atoms with E-state index in [1.165, 1.54) is 21.1 Å². The predicted octanol–water partition coefficient (Wildman–Crippen LogP) is -0.158. The standard InChI is InChI=1S/C13H25N2O9P/c1-10(24-25(19,20)22-4)11(9-21-3)23-12(8-17)15(6-5-7-16)13(18)14-2/h5-7,10-12,17H,8-9H2,1-4H3,(H,14,18)(H,19,20)/b6-5-/t10?,11-,12-/m0/s1. The van der Waals surface area contributed by atoms with Gasteiger partial charge in [0.25, 0.3) is 0 Å². The molecule has 0 rings (SSSR count). The maximum atomic E-state index is 11.9. The number of aliphatic hydroxyl groups excluding tert-OH is 1. The van der Waals surface area contributed by atoms with Crippen molar-refractivity contribution in [2.24, 2.45) is 0 Å². The van der Waals surface area contributed by atoms with E-state index in [0.29, 0.717) is 6.29 Å². The summed E-state index contributed by atoms with van der Waals surface area (Å²) in [5.74, 6) is 0. The van der Waals surface area contributed by atoms with Crippen molar-refractivity contribution in [2.75, 3.05) is 34.5 Å². The van der Waals surface area contributed by atoms with Crippen molar-refractivity contribution >= 4 is 20.1 Å². The van der Waals surface area contributed by atoms with Crippen LogP contribution in [0.4, 0.5) is 4.79 Å². The highest BCUT2D eigenvalue weighted by atomic mass is 31.2. The molecule has 0 saturated heterocycles. The molecule has 0 spiro atoms. The molecule has 25 heavy (non-hydrogen) atoms. The van der Waals surface area contributed by atoms with Gasteiger partial charge in [-0.1, -0.05) is 0 Å². The second kappa shape index (κ2) is 12.1. The molecule has 146 valence electrons. The fourth-order valence-corrected chi connectivity index (χ4v) is 2.36. The molecule has 0 aromatic heterocycles. The summed E-state index contributed by atoms with van der Waals surface area (Å²) in [7, 11) is -0.540. The van der Waals surface area contributed by atoms with Crippen molar-refractivity contribution in [3.63, 3.8) is 0 Å². The molecule has 0 fully saturated rings. The largest absolute Gasteiger partial charge is 0.472 e.